The molecule has 2 aromatic carbocycles. The molecule has 0 radical (unpaired) electrons. The van der Waals surface area contributed by atoms with Crippen LogP contribution < -0.4 is 10.6 Å². The number of nitriles is 1. The highest BCUT2D eigenvalue weighted by Crippen LogP contribution is 2.12. The van der Waals surface area contributed by atoms with Gasteiger partial charge < -0.3 is 15.4 Å². The average Bonchev–Trinajstić information content (AvgIpc) is 2.66. The summed E-state index contributed by atoms with van der Waals surface area (Å²) in [6, 6.07) is 16.0. The van der Waals surface area contributed by atoms with Gasteiger partial charge in [-0.3, -0.25) is 4.79 Å². The highest BCUT2D eigenvalue weighted by atomic mass is 16.5. The van der Waals surface area contributed by atoms with E-state index in [1.807, 2.05) is 30.3 Å². The number of nitrogens with zero attached hydrogens (tertiary/aromatic N) is 1. The fourth-order valence-electron chi connectivity index (χ4n) is 2.12. The maximum Gasteiger partial charge on any atom is 0.330 e. The minimum Gasteiger partial charge on any atom is -0.463 e. The monoisotopic (exact) mass is 349 g/mol. The summed E-state index contributed by atoms with van der Waals surface area (Å²) in [6.45, 7) is 2.19. The number of carbonyl (C=O) groups excluding carboxylic acids is 2. The Kier molecular flexibility index (Phi) is 6.95. The third-order valence-corrected chi connectivity index (χ3v) is 3.34. The minimum absolute atomic E-state index is 0.0921. The van der Waals surface area contributed by atoms with Gasteiger partial charge in [-0.05, 0) is 48.9 Å². The van der Waals surface area contributed by atoms with Crippen LogP contribution in [0.3, 0.4) is 0 Å². The number of anilines is 2. The first-order chi connectivity index (χ1) is 12.6. The minimum atomic E-state index is -0.383. The molecule has 0 aliphatic rings. The Morgan fingerprint density at radius 1 is 1.15 bits per heavy atom. The van der Waals surface area contributed by atoms with E-state index < -0.39 is 0 Å². The second kappa shape index (κ2) is 9.64. The van der Waals surface area contributed by atoms with Crippen molar-refractivity contribution in [3.8, 4) is 6.07 Å². The molecule has 6 heteroatoms. The first kappa shape index (κ1) is 18.7. The number of rotatable bonds is 7. The molecule has 0 fully saturated rings. The van der Waals surface area contributed by atoms with Gasteiger partial charge in [-0.1, -0.05) is 18.2 Å². The summed E-state index contributed by atoms with van der Waals surface area (Å²) in [5.74, 6) is -0.599. The molecule has 0 aliphatic carbocycles. The Bertz CT molecular complexity index is 836. The quantitative estimate of drug-likeness (QED) is 0.592. The second-order valence-corrected chi connectivity index (χ2v) is 5.30. The van der Waals surface area contributed by atoms with Crippen LogP contribution in [0.1, 0.15) is 18.1 Å². The van der Waals surface area contributed by atoms with E-state index in [2.05, 4.69) is 10.6 Å². The van der Waals surface area contributed by atoms with Gasteiger partial charge in [0, 0.05) is 17.5 Å². The van der Waals surface area contributed by atoms with Gasteiger partial charge in [-0.2, -0.15) is 5.26 Å². The van der Waals surface area contributed by atoms with Crippen molar-refractivity contribution in [1.82, 2.24) is 0 Å². The standard InChI is InChI=1S/C20H19N3O3/c1-2-26-20(25)11-8-15-6-9-17(10-7-15)22-14-19(24)23-18-5-3-4-16(12-18)13-21/h3-12,22H,2,14H2,1H3,(H,23,24)/b11-8+. The van der Waals surface area contributed by atoms with E-state index in [-0.39, 0.29) is 18.4 Å². The number of hydrogen-bond donors (Lipinski definition) is 2. The molecule has 6 nitrogen and oxygen atoms in total. The van der Waals surface area contributed by atoms with Crippen LogP contribution in [0.5, 0.6) is 0 Å². The highest BCUT2D eigenvalue weighted by Gasteiger charge is 2.03. The molecule has 0 saturated carbocycles. The molecule has 2 aromatic rings. The number of nitrogens with one attached hydrogen (secondary N) is 2. The second-order valence-electron chi connectivity index (χ2n) is 5.30. The normalized spacial score (nSPS) is 10.2. The van der Waals surface area contributed by atoms with Gasteiger partial charge >= 0.3 is 5.97 Å². The Hall–Kier alpha value is -3.59. The van der Waals surface area contributed by atoms with Crippen LogP contribution in [0, 0.1) is 11.3 Å². The van der Waals surface area contributed by atoms with Gasteiger partial charge in [0.15, 0.2) is 0 Å². The fraction of sp³-hybridized carbons (Fsp3) is 0.150. The fourth-order valence-corrected chi connectivity index (χ4v) is 2.12. The highest BCUT2D eigenvalue weighted by molar-refractivity contribution is 5.94. The van der Waals surface area contributed by atoms with Gasteiger partial charge in [0.25, 0.3) is 0 Å². The summed E-state index contributed by atoms with van der Waals surface area (Å²) < 4.78 is 4.82. The zero-order valence-electron chi connectivity index (χ0n) is 14.4. The lowest BCUT2D eigenvalue weighted by molar-refractivity contribution is -0.137. The Balaban J connectivity index is 1.84. The van der Waals surface area contributed by atoms with E-state index in [9.17, 15) is 9.59 Å². The Labute approximate surface area is 152 Å². The third kappa shape index (κ3) is 6.13. The number of benzene rings is 2. The van der Waals surface area contributed by atoms with Crippen LogP contribution in [0.25, 0.3) is 6.08 Å². The van der Waals surface area contributed by atoms with Crippen molar-refractivity contribution in [3.05, 3.63) is 65.7 Å². The van der Waals surface area contributed by atoms with Crippen molar-refractivity contribution < 1.29 is 14.3 Å². The van der Waals surface area contributed by atoms with Gasteiger partial charge in [0.2, 0.25) is 5.91 Å². The van der Waals surface area contributed by atoms with Crippen molar-refractivity contribution >= 4 is 29.3 Å². The topological polar surface area (TPSA) is 91.2 Å². The summed E-state index contributed by atoms with van der Waals surface area (Å²) in [6.07, 6.45) is 3.03. The van der Waals surface area contributed by atoms with E-state index in [0.717, 1.165) is 11.3 Å². The van der Waals surface area contributed by atoms with Crippen molar-refractivity contribution in [2.24, 2.45) is 0 Å². The first-order valence-electron chi connectivity index (χ1n) is 8.09. The lowest BCUT2D eigenvalue weighted by Crippen LogP contribution is -2.21. The number of carbonyl (C=O) groups is 2. The van der Waals surface area contributed by atoms with Gasteiger partial charge in [0.1, 0.15) is 0 Å². The largest absolute Gasteiger partial charge is 0.463 e. The maximum atomic E-state index is 12.0. The SMILES string of the molecule is CCOC(=O)/C=C/c1ccc(NCC(=O)Nc2cccc(C#N)c2)cc1. The lowest BCUT2D eigenvalue weighted by atomic mass is 10.2. The van der Waals surface area contributed by atoms with Crippen molar-refractivity contribution in [1.29, 1.82) is 5.26 Å². The van der Waals surface area contributed by atoms with Gasteiger partial charge in [-0.15, -0.1) is 0 Å². The predicted molar refractivity (Wildman–Crippen MR) is 100 cm³/mol. The van der Waals surface area contributed by atoms with Crippen molar-refractivity contribution in [2.75, 3.05) is 23.8 Å². The molecule has 2 rings (SSSR count). The molecule has 26 heavy (non-hydrogen) atoms. The van der Waals surface area contributed by atoms with E-state index in [1.165, 1.54) is 6.08 Å². The third-order valence-electron chi connectivity index (χ3n) is 3.34. The molecule has 0 atom stereocenters. The predicted octanol–water partition coefficient (Wildman–Crippen LogP) is 3.19. The molecule has 0 unspecified atom stereocenters. The number of esters is 1. The summed E-state index contributed by atoms with van der Waals surface area (Å²) >= 11 is 0. The lowest BCUT2D eigenvalue weighted by Gasteiger charge is -2.08. The first-order valence-corrected chi connectivity index (χ1v) is 8.09. The molecule has 0 spiro atoms. The Morgan fingerprint density at radius 2 is 1.92 bits per heavy atom. The van der Waals surface area contributed by atoms with Crippen molar-refractivity contribution in [2.45, 2.75) is 6.92 Å². The maximum absolute atomic E-state index is 12.0. The molecule has 0 bridgehead atoms. The summed E-state index contributed by atoms with van der Waals surface area (Å²) in [5.41, 5.74) is 2.69. The molecule has 0 saturated heterocycles. The molecule has 132 valence electrons. The summed E-state index contributed by atoms with van der Waals surface area (Å²) in [4.78, 5) is 23.2. The molecule has 2 N–H and O–H groups in total. The zero-order valence-corrected chi connectivity index (χ0v) is 14.4. The van der Waals surface area contributed by atoms with E-state index >= 15 is 0 Å². The van der Waals surface area contributed by atoms with Gasteiger partial charge in [0.05, 0.1) is 24.8 Å². The van der Waals surface area contributed by atoms with Crippen LogP contribution in [-0.4, -0.2) is 25.0 Å². The molecule has 0 aliphatic heterocycles. The van der Waals surface area contributed by atoms with E-state index in [1.54, 1.807) is 37.3 Å². The number of ether oxygens (including phenoxy) is 1. The Morgan fingerprint density at radius 3 is 2.62 bits per heavy atom. The van der Waals surface area contributed by atoms with Crippen LogP contribution in [0.4, 0.5) is 11.4 Å². The summed E-state index contributed by atoms with van der Waals surface area (Å²) in [7, 11) is 0. The van der Waals surface area contributed by atoms with Gasteiger partial charge in [-0.25, -0.2) is 4.79 Å². The number of hydrogen-bond acceptors (Lipinski definition) is 5. The molecular formula is C20H19N3O3. The van der Waals surface area contributed by atoms with E-state index in [4.69, 9.17) is 10.00 Å². The number of amides is 1. The van der Waals surface area contributed by atoms with Crippen LogP contribution in [0.2, 0.25) is 0 Å². The molecule has 0 heterocycles. The van der Waals surface area contributed by atoms with Crippen LogP contribution in [0.15, 0.2) is 54.6 Å². The van der Waals surface area contributed by atoms with Crippen LogP contribution in [-0.2, 0) is 14.3 Å². The van der Waals surface area contributed by atoms with E-state index in [0.29, 0.717) is 17.9 Å². The molecule has 1 amide bonds. The smallest absolute Gasteiger partial charge is 0.330 e. The summed E-state index contributed by atoms with van der Waals surface area (Å²) in [5, 5.41) is 14.6. The van der Waals surface area contributed by atoms with Crippen LogP contribution >= 0.6 is 0 Å². The average molecular weight is 349 g/mol. The zero-order chi connectivity index (χ0) is 18.8. The molecular weight excluding hydrogens is 330 g/mol. The molecule has 0 aromatic heterocycles. The van der Waals surface area contributed by atoms with Crippen molar-refractivity contribution in [3.63, 3.8) is 0 Å².